The molecule has 1 aromatic rings. The Labute approximate surface area is 84.8 Å². The summed E-state index contributed by atoms with van der Waals surface area (Å²) in [7, 11) is 2.93. The van der Waals surface area contributed by atoms with Crippen molar-refractivity contribution in [1.29, 1.82) is 0 Å². The molecule has 1 rings (SSSR count). The van der Waals surface area contributed by atoms with Gasteiger partial charge in [-0.2, -0.15) is 0 Å². The zero-order valence-electron chi connectivity index (χ0n) is 7.38. The highest BCUT2D eigenvalue weighted by Crippen LogP contribution is 2.28. The van der Waals surface area contributed by atoms with Gasteiger partial charge in [0.2, 0.25) is 0 Å². The molecule has 0 aliphatic rings. The van der Waals surface area contributed by atoms with E-state index in [-0.39, 0.29) is 5.82 Å². The van der Waals surface area contributed by atoms with Gasteiger partial charge < -0.3 is 9.47 Å². The molecular weight excluding hydrogens is 239 g/mol. The van der Waals surface area contributed by atoms with Gasteiger partial charge in [0.05, 0.1) is 5.56 Å². The molecule has 0 atom stereocenters. The number of halogens is 2. The van der Waals surface area contributed by atoms with Crippen LogP contribution in [0.1, 0.15) is 11.9 Å². The van der Waals surface area contributed by atoms with Crippen LogP contribution in [0.4, 0.5) is 4.39 Å². The van der Waals surface area contributed by atoms with Crippen molar-refractivity contribution in [1.82, 2.24) is 0 Å². The first-order chi connectivity index (χ1) is 6.20. The molecule has 0 fully saturated rings. The van der Waals surface area contributed by atoms with Crippen LogP contribution in [-0.4, -0.2) is 14.2 Å². The van der Waals surface area contributed by atoms with Crippen LogP contribution in [0.15, 0.2) is 22.7 Å². The van der Waals surface area contributed by atoms with Crippen LogP contribution in [0.2, 0.25) is 0 Å². The Kier molecular flexibility index (Phi) is 3.84. The van der Waals surface area contributed by atoms with Gasteiger partial charge in [-0.25, -0.2) is 4.39 Å². The van der Waals surface area contributed by atoms with Crippen molar-refractivity contribution in [3.63, 3.8) is 0 Å². The fraction of sp³-hybridized carbons (Fsp3) is 0.333. The maximum atomic E-state index is 13.3. The van der Waals surface area contributed by atoms with Gasteiger partial charge >= 0.3 is 0 Å². The molecule has 0 saturated carbocycles. The maximum absolute atomic E-state index is 13.3. The molecule has 0 bridgehead atoms. The third-order valence-electron chi connectivity index (χ3n) is 1.66. The lowest BCUT2D eigenvalue weighted by Crippen LogP contribution is -2.06. The molecule has 0 saturated heterocycles. The Balaban J connectivity index is 3.10. The minimum absolute atomic E-state index is 0.344. The van der Waals surface area contributed by atoms with E-state index in [1.165, 1.54) is 20.3 Å². The second-order valence-corrected chi connectivity index (χ2v) is 3.29. The van der Waals surface area contributed by atoms with E-state index in [0.29, 0.717) is 10.0 Å². The van der Waals surface area contributed by atoms with Crippen LogP contribution in [0.5, 0.6) is 0 Å². The average Bonchev–Trinajstić information content (AvgIpc) is 2.11. The molecule has 0 radical (unpaired) electrons. The van der Waals surface area contributed by atoms with Crippen LogP contribution in [0, 0.1) is 5.82 Å². The highest BCUT2D eigenvalue weighted by molar-refractivity contribution is 9.10. The predicted molar refractivity (Wildman–Crippen MR) is 50.9 cm³/mol. The van der Waals surface area contributed by atoms with Gasteiger partial charge in [-0.3, -0.25) is 0 Å². The van der Waals surface area contributed by atoms with Crippen molar-refractivity contribution < 1.29 is 13.9 Å². The molecule has 0 heterocycles. The fourth-order valence-electron chi connectivity index (χ4n) is 1.07. The largest absolute Gasteiger partial charge is 0.352 e. The van der Waals surface area contributed by atoms with E-state index in [4.69, 9.17) is 9.47 Å². The second kappa shape index (κ2) is 4.69. The van der Waals surface area contributed by atoms with Gasteiger partial charge in [0.15, 0.2) is 6.29 Å². The molecule has 0 aliphatic carbocycles. The van der Waals surface area contributed by atoms with Gasteiger partial charge in [-0.1, -0.05) is 22.0 Å². The maximum Gasteiger partial charge on any atom is 0.187 e. The number of rotatable bonds is 3. The summed E-state index contributed by atoms with van der Waals surface area (Å²) in [5, 5.41) is 0. The van der Waals surface area contributed by atoms with E-state index < -0.39 is 6.29 Å². The van der Waals surface area contributed by atoms with Gasteiger partial charge in [-0.15, -0.1) is 0 Å². The Morgan fingerprint density at radius 1 is 1.31 bits per heavy atom. The molecule has 1 aromatic carbocycles. The third kappa shape index (κ3) is 2.27. The first-order valence-corrected chi connectivity index (χ1v) is 4.49. The summed E-state index contributed by atoms with van der Waals surface area (Å²) in [4.78, 5) is 0. The van der Waals surface area contributed by atoms with Crippen molar-refractivity contribution in [3.05, 3.63) is 34.1 Å². The molecule has 0 unspecified atom stereocenters. The van der Waals surface area contributed by atoms with Gasteiger partial charge in [0.25, 0.3) is 0 Å². The van der Waals surface area contributed by atoms with Crippen LogP contribution in [0.3, 0.4) is 0 Å². The molecule has 72 valence electrons. The van der Waals surface area contributed by atoms with Crippen LogP contribution in [0.25, 0.3) is 0 Å². The van der Waals surface area contributed by atoms with E-state index in [1.807, 2.05) is 0 Å². The van der Waals surface area contributed by atoms with Crippen LogP contribution < -0.4 is 0 Å². The number of hydrogen-bond acceptors (Lipinski definition) is 2. The minimum atomic E-state index is -0.671. The summed E-state index contributed by atoms with van der Waals surface area (Å²) in [6.45, 7) is 0. The lowest BCUT2D eigenvalue weighted by molar-refractivity contribution is -0.108. The quantitative estimate of drug-likeness (QED) is 0.767. The number of benzene rings is 1. The van der Waals surface area contributed by atoms with Crippen LogP contribution >= 0.6 is 15.9 Å². The smallest absolute Gasteiger partial charge is 0.187 e. The Bertz CT molecular complexity index is 267. The molecule has 13 heavy (non-hydrogen) atoms. The lowest BCUT2D eigenvalue weighted by Gasteiger charge is -2.15. The van der Waals surface area contributed by atoms with Crippen molar-refractivity contribution in [3.8, 4) is 0 Å². The predicted octanol–water partition coefficient (Wildman–Crippen LogP) is 2.88. The van der Waals surface area contributed by atoms with Crippen molar-refractivity contribution in [2.75, 3.05) is 14.2 Å². The van der Waals surface area contributed by atoms with Crippen molar-refractivity contribution in [2.45, 2.75) is 6.29 Å². The fourth-order valence-corrected chi connectivity index (χ4v) is 1.60. The zero-order chi connectivity index (χ0) is 9.84. The molecule has 0 spiro atoms. The summed E-state index contributed by atoms with van der Waals surface area (Å²) in [6, 6.07) is 4.72. The van der Waals surface area contributed by atoms with Gasteiger partial charge in [-0.05, 0) is 12.1 Å². The monoisotopic (exact) mass is 248 g/mol. The lowest BCUT2D eigenvalue weighted by atomic mass is 10.2. The molecule has 0 aliphatic heterocycles. The van der Waals surface area contributed by atoms with E-state index in [0.717, 1.165) is 0 Å². The van der Waals surface area contributed by atoms with Crippen molar-refractivity contribution >= 4 is 15.9 Å². The third-order valence-corrected chi connectivity index (χ3v) is 2.36. The molecule has 2 nitrogen and oxygen atoms in total. The van der Waals surface area contributed by atoms with Gasteiger partial charge in [0.1, 0.15) is 5.82 Å². The average molecular weight is 249 g/mol. The minimum Gasteiger partial charge on any atom is -0.352 e. The summed E-state index contributed by atoms with van der Waals surface area (Å²) in [6.07, 6.45) is -0.671. The number of methoxy groups -OCH3 is 2. The zero-order valence-corrected chi connectivity index (χ0v) is 8.97. The molecule has 0 amide bonds. The summed E-state index contributed by atoms with van der Waals surface area (Å²) in [5.74, 6) is -0.344. The Hall–Kier alpha value is -0.450. The Morgan fingerprint density at radius 2 is 1.92 bits per heavy atom. The van der Waals surface area contributed by atoms with Crippen molar-refractivity contribution in [2.24, 2.45) is 0 Å². The summed E-state index contributed by atoms with van der Waals surface area (Å²) >= 11 is 3.23. The van der Waals surface area contributed by atoms with E-state index >= 15 is 0 Å². The van der Waals surface area contributed by atoms with Gasteiger partial charge in [0, 0.05) is 18.7 Å². The second-order valence-electron chi connectivity index (χ2n) is 2.44. The standard InChI is InChI=1S/C9H10BrFO2/c1-12-9(13-2)8-6(10)4-3-5-7(8)11/h3-5,9H,1-2H3. The molecular formula is C9H10BrFO2. The van der Waals surface area contributed by atoms with E-state index in [9.17, 15) is 4.39 Å². The number of hydrogen-bond donors (Lipinski definition) is 0. The normalized spacial score (nSPS) is 10.8. The van der Waals surface area contributed by atoms with E-state index in [1.54, 1.807) is 12.1 Å². The SMILES string of the molecule is COC(OC)c1c(F)cccc1Br. The molecule has 0 N–H and O–H groups in total. The first kappa shape index (κ1) is 10.6. The molecule has 4 heteroatoms. The number of ether oxygens (including phenoxy) is 2. The summed E-state index contributed by atoms with van der Waals surface area (Å²) in [5.41, 5.74) is 0.382. The highest BCUT2D eigenvalue weighted by Gasteiger charge is 2.17. The molecule has 0 aromatic heterocycles. The van der Waals surface area contributed by atoms with E-state index in [2.05, 4.69) is 15.9 Å². The summed E-state index contributed by atoms with van der Waals surface area (Å²) < 4.78 is 23.8. The topological polar surface area (TPSA) is 18.5 Å². The highest BCUT2D eigenvalue weighted by atomic mass is 79.9. The first-order valence-electron chi connectivity index (χ1n) is 3.70. The Morgan fingerprint density at radius 3 is 2.38 bits per heavy atom. The van der Waals surface area contributed by atoms with Crippen LogP contribution in [-0.2, 0) is 9.47 Å².